The van der Waals surface area contributed by atoms with E-state index in [0.717, 1.165) is 25.9 Å². The van der Waals surface area contributed by atoms with Gasteiger partial charge in [-0.15, -0.1) is 0 Å². The summed E-state index contributed by atoms with van der Waals surface area (Å²) in [6.07, 6.45) is 2.23. The fourth-order valence-electron chi connectivity index (χ4n) is 2.50. The normalized spacial score (nSPS) is 16.0. The van der Waals surface area contributed by atoms with Gasteiger partial charge in [-0.05, 0) is 63.9 Å². The summed E-state index contributed by atoms with van der Waals surface area (Å²) in [5.41, 5.74) is 6.87. The first-order chi connectivity index (χ1) is 10.1. The third-order valence-electron chi connectivity index (χ3n) is 3.62. The summed E-state index contributed by atoms with van der Waals surface area (Å²) >= 11 is 0. The van der Waals surface area contributed by atoms with Crippen LogP contribution in [-0.2, 0) is 0 Å². The number of ether oxygens (including phenoxy) is 1. The van der Waals surface area contributed by atoms with Crippen LogP contribution in [0.25, 0.3) is 0 Å². The Bertz CT molecular complexity index is 482. The van der Waals surface area contributed by atoms with Gasteiger partial charge in [0.15, 0.2) is 0 Å². The number of piperidine rings is 1. The van der Waals surface area contributed by atoms with E-state index in [1.54, 1.807) is 18.2 Å². The minimum Gasteiger partial charge on any atom is -0.490 e. The molecule has 0 aromatic heterocycles. The second kappa shape index (κ2) is 7.31. The number of nitrogens with one attached hydrogen (secondary N) is 2. The standard InChI is InChI=1S/C16H25N3O2/c1-11(2)21-15-4-3-13(17)9-14(15)16(20)19-10-12-5-7-18-8-6-12/h3-4,9,11-12,18H,5-8,10,17H2,1-2H3,(H,19,20). The molecule has 116 valence electrons. The van der Waals surface area contributed by atoms with Gasteiger partial charge in [0.25, 0.3) is 5.91 Å². The number of hydrogen-bond acceptors (Lipinski definition) is 4. The molecule has 5 nitrogen and oxygen atoms in total. The van der Waals surface area contributed by atoms with Crippen LogP contribution in [0.2, 0.25) is 0 Å². The van der Waals surface area contributed by atoms with Crippen molar-refractivity contribution in [2.24, 2.45) is 5.92 Å². The molecule has 1 aromatic rings. The molecule has 1 fully saturated rings. The van der Waals surface area contributed by atoms with Crippen LogP contribution < -0.4 is 21.1 Å². The average Bonchev–Trinajstić information content (AvgIpc) is 2.47. The molecule has 0 atom stereocenters. The maximum atomic E-state index is 12.4. The van der Waals surface area contributed by atoms with Crippen LogP contribution >= 0.6 is 0 Å². The molecule has 0 bridgehead atoms. The Labute approximate surface area is 126 Å². The quantitative estimate of drug-likeness (QED) is 0.723. The molecular formula is C16H25N3O2. The zero-order valence-electron chi connectivity index (χ0n) is 12.8. The van der Waals surface area contributed by atoms with E-state index in [9.17, 15) is 4.79 Å². The van der Waals surface area contributed by atoms with Gasteiger partial charge in [0.2, 0.25) is 0 Å². The van der Waals surface area contributed by atoms with Gasteiger partial charge < -0.3 is 21.1 Å². The number of anilines is 1. The average molecular weight is 291 g/mol. The minimum atomic E-state index is -0.114. The van der Waals surface area contributed by atoms with E-state index in [0.29, 0.717) is 29.5 Å². The lowest BCUT2D eigenvalue weighted by atomic mass is 9.98. The molecule has 1 saturated heterocycles. The molecule has 4 N–H and O–H groups in total. The molecule has 21 heavy (non-hydrogen) atoms. The van der Waals surface area contributed by atoms with Crippen LogP contribution in [0.1, 0.15) is 37.0 Å². The molecule has 2 rings (SSSR count). The number of nitrogens with two attached hydrogens (primary N) is 1. The second-order valence-corrected chi connectivity index (χ2v) is 5.83. The lowest BCUT2D eigenvalue weighted by Gasteiger charge is -2.23. The van der Waals surface area contributed by atoms with Crippen molar-refractivity contribution in [3.05, 3.63) is 23.8 Å². The fraction of sp³-hybridized carbons (Fsp3) is 0.562. The summed E-state index contributed by atoms with van der Waals surface area (Å²) in [7, 11) is 0. The Morgan fingerprint density at radius 1 is 1.43 bits per heavy atom. The molecule has 1 heterocycles. The van der Waals surface area contributed by atoms with Gasteiger partial charge in [0, 0.05) is 12.2 Å². The van der Waals surface area contributed by atoms with Crippen LogP contribution in [0.3, 0.4) is 0 Å². The van der Waals surface area contributed by atoms with Crippen molar-refractivity contribution in [3.8, 4) is 5.75 Å². The van der Waals surface area contributed by atoms with Crippen LogP contribution in [0.15, 0.2) is 18.2 Å². The van der Waals surface area contributed by atoms with E-state index < -0.39 is 0 Å². The van der Waals surface area contributed by atoms with Gasteiger partial charge >= 0.3 is 0 Å². The largest absolute Gasteiger partial charge is 0.490 e. The number of benzene rings is 1. The molecule has 0 unspecified atom stereocenters. The van der Waals surface area contributed by atoms with Gasteiger partial charge in [-0.3, -0.25) is 4.79 Å². The number of amides is 1. The van der Waals surface area contributed by atoms with E-state index in [4.69, 9.17) is 10.5 Å². The summed E-state index contributed by atoms with van der Waals surface area (Å²) < 4.78 is 5.69. The van der Waals surface area contributed by atoms with Crippen LogP contribution in [0, 0.1) is 5.92 Å². The van der Waals surface area contributed by atoms with Gasteiger partial charge in [-0.1, -0.05) is 0 Å². The third-order valence-corrected chi connectivity index (χ3v) is 3.62. The third kappa shape index (κ3) is 4.63. The molecule has 5 heteroatoms. The van der Waals surface area contributed by atoms with E-state index in [1.165, 1.54) is 0 Å². The number of carbonyl (C=O) groups is 1. The topological polar surface area (TPSA) is 76.4 Å². The highest BCUT2D eigenvalue weighted by Gasteiger charge is 2.17. The lowest BCUT2D eigenvalue weighted by molar-refractivity contribution is 0.0938. The first-order valence-corrected chi connectivity index (χ1v) is 7.61. The van der Waals surface area contributed by atoms with Crippen molar-refractivity contribution in [2.45, 2.75) is 32.8 Å². The Hall–Kier alpha value is -1.75. The molecule has 1 aliphatic rings. The minimum absolute atomic E-state index is 0.0181. The first kappa shape index (κ1) is 15.6. The van der Waals surface area contributed by atoms with E-state index in [-0.39, 0.29) is 12.0 Å². The van der Waals surface area contributed by atoms with Gasteiger partial charge in [-0.2, -0.15) is 0 Å². The maximum Gasteiger partial charge on any atom is 0.255 e. The molecule has 1 aliphatic heterocycles. The van der Waals surface area contributed by atoms with Gasteiger partial charge in [0.05, 0.1) is 11.7 Å². The number of hydrogen-bond donors (Lipinski definition) is 3. The summed E-state index contributed by atoms with van der Waals surface area (Å²) in [5.74, 6) is 1.02. The predicted molar refractivity (Wildman–Crippen MR) is 84.5 cm³/mol. The molecule has 1 amide bonds. The van der Waals surface area contributed by atoms with Gasteiger partial charge in [-0.25, -0.2) is 0 Å². The Morgan fingerprint density at radius 3 is 2.81 bits per heavy atom. The smallest absolute Gasteiger partial charge is 0.255 e. The Balaban J connectivity index is 2.01. The molecule has 0 spiro atoms. The summed E-state index contributed by atoms with van der Waals surface area (Å²) in [5, 5.41) is 6.33. The molecule has 0 aliphatic carbocycles. The van der Waals surface area contributed by atoms with E-state index >= 15 is 0 Å². The number of carbonyl (C=O) groups excluding carboxylic acids is 1. The summed E-state index contributed by atoms with van der Waals surface area (Å²) in [4.78, 5) is 12.4. The van der Waals surface area contributed by atoms with Crippen molar-refractivity contribution >= 4 is 11.6 Å². The Kier molecular flexibility index (Phi) is 5.44. The van der Waals surface area contributed by atoms with Crippen LogP contribution in [0.4, 0.5) is 5.69 Å². The Morgan fingerprint density at radius 2 is 2.14 bits per heavy atom. The molecule has 0 radical (unpaired) electrons. The van der Waals surface area contributed by atoms with Crippen LogP contribution in [-0.4, -0.2) is 31.6 Å². The second-order valence-electron chi connectivity index (χ2n) is 5.83. The summed E-state index contributed by atoms with van der Waals surface area (Å²) in [6, 6.07) is 5.19. The van der Waals surface area contributed by atoms with Gasteiger partial charge in [0.1, 0.15) is 5.75 Å². The van der Waals surface area contributed by atoms with Crippen molar-refractivity contribution in [3.63, 3.8) is 0 Å². The number of nitrogen functional groups attached to an aromatic ring is 1. The zero-order chi connectivity index (χ0) is 15.2. The highest BCUT2D eigenvalue weighted by molar-refractivity contribution is 5.97. The van der Waals surface area contributed by atoms with E-state index in [1.807, 2.05) is 13.8 Å². The molecule has 0 saturated carbocycles. The SMILES string of the molecule is CC(C)Oc1ccc(N)cc1C(=O)NCC1CCNCC1. The van der Waals surface area contributed by atoms with Crippen LogP contribution in [0.5, 0.6) is 5.75 Å². The highest BCUT2D eigenvalue weighted by atomic mass is 16.5. The van der Waals surface area contributed by atoms with Crippen molar-refractivity contribution in [1.82, 2.24) is 10.6 Å². The highest BCUT2D eigenvalue weighted by Crippen LogP contribution is 2.23. The van der Waals surface area contributed by atoms with Crippen molar-refractivity contribution in [2.75, 3.05) is 25.4 Å². The van der Waals surface area contributed by atoms with Crippen molar-refractivity contribution < 1.29 is 9.53 Å². The van der Waals surface area contributed by atoms with Crippen molar-refractivity contribution in [1.29, 1.82) is 0 Å². The first-order valence-electron chi connectivity index (χ1n) is 7.61. The monoisotopic (exact) mass is 291 g/mol. The zero-order valence-corrected chi connectivity index (χ0v) is 12.8. The molecule has 1 aromatic carbocycles. The predicted octanol–water partition coefficient (Wildman–Crippen LogP) is 1.79. The summed E-state index contributed by atoms with van der Waals surface area (Å²) in [6.45, 7) is 6.64. The fourth-order valence-corrected chi connectivity index (χ4v) is 2.50. The molecular weight excluding hydrogens is 266 g/mol. The maximum absolute atomic E-state index is 12.4. The number of rotatable bonds is 5. The lowest BCUT2D eigenvalue weighted by Crippen LogP contribution is -2.36. The van der Waals surface area contributed by atoms with E-state index in [2.05, 4.69) is 10.6 Å².